The number of carbonyl (C=O) groups excluding carboxylic acids is 1. The third-order valence-corrected chi connectivity index (χ3v) is 5.15. The number of likely N-dealkylation sites (tertiary alicyclic amines) is 1. The molecule has 6 heteroatoms. The summed E-state index contributed by atoms with van der Waals surface area (Å²) in [4.78, 5) is 19.3. The minimum absolute atomic E-state index is 0.0901. The molecular formula is C17H23N5O. The molecule has 0 radical (unpaired) electrons. The number of hydrogen-bond donors (Lipinski definition) is 1. The third kappa shape index (κ3) is 2.46. The standard InChI is InChI=1S/C17H23N5O/c1-2-15-18-8-10-22(15)12-5-4-9-21(11-12)17(23)16-13-6-3-7-14(13)19-20-16/h8,10,12H,2-7,9,11H2,1H3,(H,19,20)/t12-/m0/s1. The van der Waals surface area contributed by atoms with Gasteiger partial charge in [-0.05, 0) is 32.1 Å². The lowest BCUT2D eigenvalue weighted by atomic mass is 10.0. The number of aromatic nitrogens is 4. The Morgan fingerprint density at radius 2 is 2.30 bits per heavy atom. The van der Waals surface area contributed by atoms with Crippen LogP contribution in [0.15, 0.2) is 12.4 Å². The van der Waals surface area contributed by atoms with Gasteiger partial charge in [0, 0.05) is 43.2 Å². The van der Waals surface area contributed by atoms with E-state index in [-0.39, 0.29) is 5.91 Å². The maximum Gasteiger partial charge on any atom is 0.274 e. The number of carbonyl (C=O) groups is 1. The molecule has 1 atom stereocenters. The number of nitrogens with zero attached hydrogens (tertiary/aromatic N) is 4. The fourth-order valence-electron chi connectivity index (χ4n) is 3.96. The lowest BCUT2D eigenvalue weighted by Crippen LogP contribution is -2.41. The molecule has 1 aliphatic carbocycles. The van der Waals surface area contributed by atoms with Gasteiger partial charge in [-0.3, -0.25) is 9.89 Å². The first-order valence-electron chi connectivity index (χ1n) is 8.65. The number of aromatic amines is 1. The topological polar surface area (TPSA) is 66.8 Å². The SMILES string of the molecule is CCc1nccn1[C@H]1CCCN(C(=O)c2n[nH]c3c2CCC3)C1. The lowest BCUT2D eigenvalue weighted by Gasteiger charge is -2.33. The van der Waals surface area contributed by atoms with Gasteiger partial charge in [-0.2, -0.15) is 5.10 Å². The molecule has 1 saturated heterocycles. The highest BCUT2D eigenvalue weighted by molar-refractivity contribution is 5.94. The van der Waals surface area contributed by atoms with Gasteiger partial charge in [0.2, 0.25) is 0 Å². The number of rotatable bonds is 3. The van der Waals surface area contributed by atoms with Crippen LogP contribution in [0, 0.1) is 0 Å². The molecule has 6 nitrogen and oxygen atoms in total. The van der Waals surface area contributed by atoms with Crippen molar-refractivity contribution in [1.82, 2.24) is 24.6 Å². The fourth-order valence-corrected chi connectivity index (χ4v) is 3.96. The van der Waals surface area contributed by atoms with Crippen LogP contribution in [-0.2, 0) is 19.3 Å². The van der Waals surface area contributed by atoms with Gasteiger partial charge >= 0.3 is 0 Å². The molecule has 3 heterocycles. The van der Waals surface area contributed by atoms with Crippen molar-refractivity contribution in [3.05, 3.63) is 35.2 Å². The molecule has 0 aromatic carbocycles. The third-order valence-electron chi connectivity index (χ3n) is 5.15. The monoisotopic (exact) mass is 313 g/mol. The highest BCUT2D eigenvalue weighted by Gasteiger charge is 2.30. The van der Waals surface area contributed by atoms with E-state index in [9.17, 15) is 4.79 Å². The first-order valence-corrected chi connectivity index (χ1v) is 8.65. The van der Waals surface area contributed by atoms with Gasteiger partial charge < -0.3 is 9.47 Å². The van der Waals surface area contributed by atoms with Crippen molar-refractivity contribution in [2.45, 2.75) is 51.5 Å². The van der Waals surface area contributed by atoms with E-state index in [4.69, 9.17) is 0 Å². The molecule has 2 aliphatic rings. The van der Waals surface area contributed by atoms with E-state index >= 15 is 0 Å². The number of hydrogen-bond acceptors (Lipinski definition) is 3. The van der Waals surface area contributed by atoms with E-state index in [0.29, 0.717) is 11.7 Å². The Morgan fingerprint density at radius 1 is 1.39 bits per heavy atom. The predicted octanol–water partition coefficient (Wildman–Crippen LogP) is 2.13. The fraction of sp³-hybridized carbons (Fsp3) is 0.588. The van der Waals surface area contributed by atoms with Crippen LogP contribution in [0.3, 0.4) is 0 Å². The van der Waals surface area contributed by atoms with Gasteiger partial charge in [0.1, 0.15) is 5.82 Å². The summed E-state index contributed by atoms with van der Waals surface area (Å²) >= 11 is 0. The van der Waals surface area contributed by atoms with Crippen LogP contribution >= 0.6 is 0 Å². The highest BCUT2D eigenvalue weighted by atomic mass is 16.2. The summed E-state index contributed by atoms with van der Waals surface area (Å²) in [6.07, 6.45) is 10.1. The zero-order chi connectivity index (χ0) is 15.8. The van der Waals surface area contributed by atoms with Crippen molar-refractivity contribution in [3.63, 3.8) is 0 Å². The Balaban J connectivity index is 1.54. The first-order chi connectivity index (χ1) is 11.3. The Labute approximate surface area is 135 Å². The Kier molecular flexibility index (Phi) is 3.67. The minimum atomic E-state index is 0.0901. The molecular weight excluding hydrogens is 290 g/mol. The molecule has 0 unspecified atom stereocenters. The zero-order valence-electron chi connectivity index (χ0n) is 13.6. The second-order valence-corrected chi connectivity index (χ2v) is 6.53. The number of nitrogens with one attached hydrogen (secondary N) is 1. The van der Waals surface area contributed by atoms with Crippen LogP contribution in [0.5, 0.6) is 0 Å². The summed E-state index contributed by atoms with van der Waals surface area (Å²) in [6, 6.07) is 0.331. The summed E-state index contributed by atoms with van der Waals surface area (Å²) in [7, 11) is 0. The average molecular weight is 313 g/mol. The van der Waals surface area contributed by atoms with E-state index in [0.717, 1.165) is 68.7 Å². The molecule has 122 valence electrons. The van der Waals surface area contributed by atoms with Crippen LogP contribution in [0.2, 0.25) is 0 Å². The van der Waals surface area contributed by atoms with Crippen molar-refractivity contribution in [2.75, 3.05) is 13.1 Å². The van der Waals surface area contributed by atoms with E-state index in [1.807, 2.05) is 17.3 Å². The second-order valence-electron chi connectivity index (χ2n) is 6.53. The summed E-state index contributed by atoms with van der Waals surface area (Å²) in [5.74, 6) is 1.19. The predicted molar refractivity (Wildman–Crippen MR) is 86.4 cm³/mol. The molecule has 2 aromatic heterocycles. The summed E-state index contributed by atoms with van der Waals surface area (Å²) in [6.45, 7) is 3.70. The Hall–Kier alpha value is -2.11. The number of amides is 1. The highest BCUT2D eigenvalue weighted by Crippen LogP contribution is 2.27. The van der Waals surface area contributed by atoms with Crippen LogP contribution < -0.4 is 0 Å². The molecule has 1 N–H and O–H groups in total. The maximum atomic E-state index is 12.9. The lowest BCUT2D eigenvalue weighted by molar-refractivity contribution is 0.0671. The first kappa shape index (κ1) is 14.5. The Morgan fingerprint density at radius 3 is 3.17 bits per heavy atom. The van der Waals surface area contributed by atoms with Gasteiger partial charge in [0.05, 0.1) is 6.04 Å². The van der Waals surface area contributed by atoms with Crippen molar-refractivity contribution in [1.29, 1.82) is 0 Å². The van der Waals surface area contributed by atoms with Gasteiger partial charge in [-0.25, -0.2) is 4.98 Å². The van der Waals surface area contributed by atoms with E-state index in [1.54, 1.807) is 0 Å². The quantitative estimate of drug-likeness (QED) is 0.944. The summed E-state index contributed by atoms with van der Waals surface area (Å²) < 4.78 is 2.24. The summed E-state index contributed by atoms with van der Waals surface area (Å²) in [5, 5.41) is 7.35. The van der Waals surface area contributed by atoms with E-state index in [1.165, 1.54) is 0 Å². The smallest absolute Gasteiger partial charge is 0.274 e. The largest absolute Gasteiger partial charge is 0.335 e. The molecule has 0 spiro atoms. The molecule has 1 amide bonds. The van der Waals surface area contributed by atoms with E-state index in [2.05, 4.69) is 26.7 Å². The normalized spacial score (nSPS) is 20.7. The van der Waals surface area contributed by atoms with Crippen molar-refractivity contribution >= 4 is 5.91 Å². The average Bonchev–Trinajstić information content (AvgIpc) is 3.30. The molecule has 23 heavy (non-hydrogen) atoms. The number of H-pyrrole nitrogens is 1. The summed E-state index contributed by atoms with van der Waals surface area (Å²) in [5.41, 5.74) is 2.96. The van der Waals surface area contributed by atoms with Gasteiger partial charge in [-0.15, -0.1) is 0 Å². The number of imidazole rings is 1. The van der Waals surface area contributed by atoms with Crippen molar-refractivity contribution in [2.24, 2.45) is 0 Å². The molecule has 0 bridgehead atoms. The van der Waals surface area contributed by atoms with Crippen LogP contribution in [0.4, 0.5) is 0 Å². The van der Waals surface area contributed by atoms with Crippen molar-refractivity contribution in [3.8, 4) is 0 Å². The van der Waals surface area contributed by atoms with E-state index < -0.39 is 0 Å². The van der Waals surface area contributed by atoms with Crippen LogP contribution in [0.25, 0.3) is 0 Å². The number of fused-ring (bicyclic) bond motifs is 1. The maximum absolute atomic E-state index is 12.9. The molecule has 0 saturated carbocycles. The number of aryl methyl sites for hydroxylation is 2. The van der Waals surface area contributed by atoms with Gasteiger partial charge in [-0.1, -0.05) is 6.92 Å². The molecule has 1 aliphatic heterocycles. The second kappa shape index (κ2) is 5.83. The molecule has 2 aromatic rings. The van der Waals surface area contributed by atoms with Gasteiger partial charge in [0.15, 0.2) is 5.69 Å². The number of piperidine rings is 1. The molecule has 4 rings (SSSR count). The van der Waals surface area contributed by atoms with Crippen molar-refractivity contribution < 1.29 is 4.79 Å². The Bertz CT molecular complexity index is 716. The van der Waals surface area contributed by atoms with Crippen LogP contribution in [-0.4, -0.2) is 43.6 Å². The minimum Gasteiger partial charge on any atom is -0.335 e. The molecule has 1 fully saturated rings. The van der Waals surface area contributed by atoms with Crippen LogP contribution in [0.1, 0.15) is 59.8 Å². The van der Waals surface area contributed by atoms with Gasteiger partial charge in [0.25, 0.3) is 5.91 Å². The zero-order valence-corrected chi connectivity index (χ0v) is 13.6.